The second kappa shape index (κ2) is 8.79. The van der Waals surface area contributed by atoms with E-state index in [9.17, 15) is 0 Å². The lowest BCUT2D eigenvalue weighted by Gasteiger charge is -2.13. The molecule has 0 saturated heterocycles. The standard InChI is InChI=1S/C12H24N6S/c1-5-7-13-10-15-11(14-8-6-9-19-4)17-12(16-10)18(2)3/h5-9H2,1-4H3,(H2,13,14,15,16,17). The molecule has 1 aromatic heterocycles. The molecule has 1 heterocycles. The van der Waals surface area contributed by atoms with Crippen LogP contribution in [0.25, 0.3) is 0 Å². The molecule has 2 N–H and O–H groups in total. The number of nitrogens with one attached hydrogen (secondary N) is 2. The first-order chi connectivity index (χ1) is 9.17. The van der Waals surface area contributed by atoms with E-state index in [4.69, 9.17) is 0 Å². The van der Waals surface area contributed by atoms with Gasteiger partial charge >= 0.3 is 0 Å². The topological polar surface area (TPSA) is 66.0 Å². The predicted molar refractivity (Wildman–Crippen MR) is 84.4 cm³/mol. The third kappa shape index (κ3) is 5.96. The molecule has 108 valence electrons. The summed E-state index contributed by atoms with van der Waals surface area (Å²) in [6, 6.07) is 0. The monoisotopic (exact) mass is 284 g/mol. The van der Waals surface area contributed by atoms with Gasteiger partial charge in [-0.05, 0) is 24.9 Å². The van der Waals surface area contributed by atoms with Gasteiger partial charge in [0.15, 0.2) is 0 Å². The van der Waals surface area contributed by atoms with E-state index in [0.717, 1.165) is 31.7 Å². The Labute approximate surface area is 119 Å². The first-order valence-corrected chi connectivity index (χ1v) is 7.96. The average molecular weight is 284 g/mol. The zero-order valence-electron chi connectivity index (χ0n) is 12.2. The fourth-order valence-electron chi connectivity index (χ4n) is 1.38. The molecule has 0 aromatic carbocycles. The molecule has 6 nitrogen and oxygen atoms in total. The third-order valence-corrected chi connectivity index (χ3v) is 3.06. The largest absolute Gasteiger partial charge is 0.354 e. The number of aromatic nitrogens is 3. The highest BCUT2D eigenvalue weighted by molar-refractivity contribution is 7.98. The van der Waals surface area contributed by atoms with Crippen LogP contribution in [0, 0.1) is 0 Å². The van der Waals surface area contributed by atoms with Crippen LogP contribution in [0.2, 0.25) is 0 Å². The molecule has 0 fully saturated rings. The second-order valence-electron chi connectivity index (χ2n) is 4.38. The predicted octanol–water partition coefficient (Wildman–Crippen LogP) is 1.92. The van der Waals surface area contributed by atoms with Crippen LogP contribution in [-0.4, -0.2) is 54.1 Å². The lowest BCUT2D eigenvalue weighted by molar-refractivity contribution is 0.900. The molecule has 0 spiro atoms. The Morgan fingerprint density at radius 2 is 1.68 bits per heavy atom. The summed E-state index contributed by atoms with van der Waals surface area (Å²) >= 11 is 1.85. The SMILES string of the molecule is CCCNc1nc(NCCCSC)nc(N(C)C)n1. The molecule has 1 aromatic rings. The van der Waals surface area contributed by atoms with Gasteiger partial charge in [-0.1, -0.05) is 6.92 Å². The summed E-state index contributed by atoms with van der Waals surface area (Å²) < 4.78 is 0. The lowest BCUT2D eigenvalue weighted by Crippen LogP contribution is -2.17. The summed E-state index contributed by atoms with van der Waals surface area (Å²) in [6.07, 6.45) is 4.25. The van der Waals surface area contributed by atoms with E-state index < -0.39 is 0 Å². The van der Waals surface area contributed by atoms with Crippen molar-refractivity contribution in [3.8, 4) is 0 Å². The molecule has 7 heteroatoms. The van der Waals surface area contributed by atoms with Crippen molar-refractivity contribution in [3.05, 3.63) is 0 Å². The quantitative estimate of drug-likeness (QED) is 0.672. The number of rotatable bonds is 9. The summed E-state index contributed by atoms with van der Waals surface area (Å²) in [5, 5.41) is 6.45. The van der Waals surface area contributed by atoms with Gasteiger partial charge in [-0.3, -0.25) is 0 Å². The van der Waals surface area contributed by atoms with Crippen molar-refractivity contribution < 1.29 is 0 Å². The summed E-state index contributed by atoms with van der Waals surface area (Å²) in [6.45, 7) is 3.86. The van der Waals surface area contributed by atoms with E-state index in [-0.39, 0.29) is 0 Å². The Morgan fingerprint density at radius 3 is 2.21 bits per heavy atom. The normalized spacial score (nSPS) is 10.3. The maximum atomic E-state index is 4.38. The summed E-state index contributed by atoms with van der Waals surface area (Å²) in [5.74, 6) is 3.08. The first kappa shape index (κ1) is 15.8. The first-order valence-electron chi connectivity index (χ1n) is 6.57. The molecule has 0 unspecified atom stereocenters. The van der Waals surface area contributed by atoms with Gasteiger partial charge in [-0.2, -0.15) is 26.7 Å². The van der Waals surface area contributed by atoms with Gasteiger partial charge in [-0.25, -0.2) is 0 Å². The van der Waals surface area contributed by atoms with E-state index in [0.29, 0.717) is 17.8 Å². The van der Waals surface area contributed by atoms with E-state index >= 15 is 0 Å². The van der Waals surface area contributed by atoms with Crippen LogP contribution in [0.5, 0.6) is 0 Å². The molecule has 0 atom stereocenters. The summed E-state index contributed by atoms with van der Waals surface area (Å²) in [5.41, 5.74) is 0. The van der Waals surface area contributed by atoms with Gasteiger partial charge in [0.05, 0.1) is 0 Å². The van der Waals surface area contributed by atoms with Gasteiger partial charge < -0.3 is 15.5 Å². The van der Waals surface area contributed by atoms with Crippen molar-refractivity contribution in [1.82, 2.24) is 15.0 Å². The van der Waals surface area contributed by atoms with Crippen molar-refractivity contribution >= 4 is 29.6 Å². The van der Waals surface area contributed by atoms with Crippen LogP contribution >= 0.6 is 11.8 Å². The Bertz CT molecular complexity index is 371. The van der Waals surface area contributed by atoms with Crippen LogP contribution in [0.15, 0.2) is 0 Å². The molecule has 0 saturated carbocycles. The Morgan fingerprint density at radius 1 is 1.05 bits per heavy atom. The Hall–Kier alpha value is -1.24. The minimum Gasteiger partial charge on any atom is -0.354 e. The number of thioether (sulfide) groups is 1. The number of anilines is 3. The van der Waals surface area contributed by atoms with Crippen LogP contribution in [0.1, 0.15) is 19.8 Å². The fourth-order valence-corrected chi connectivity index (χ4v) is 1.81. The van der Waals surface area contributed by atoms with Gasteiger partial charge in [-0.15, -0.1) is 0 Å². The van der Waals surface area contributed by atoms with Crippen molar-refractivity contribution in [1.29, 1.82) is 0 Å². The van der Waals surface area contributed by atoms with Crippen LogP contribution in [0.4, 0.5) is 17.8 Å². The molecule has 19 heavy (non-hydrogen) atoms. The van der Waals surface area contributed by atoms with Crippen LogP contribution < -0.4 is 15.5 Å². The highest BCUT2D eigenvalue weighted by Gasteiger charge is 2.07. The molecular formula is C12H24N6S. The second-order valence-corrected chi connectivity index (χ2v) is 5.36. The van der Waals surface area contributed by atoms with Gasteiger partial charge in [0.2, 0.25) is 17.8 Å². The summed E-state index contributed by atoms with van der Waals surface area (Å²) in [4.78, 5) is 15.0. The number of nitrogens with zero attached hydrogens (tertiary/aromatic N) is 4. The van der Waals surface area contributed by atoms with Gasteiger partial charge in [0, 0.05) is 27.2 Å². The van der Waals surface area contributed by atoms with E-state index in [1.165, 1.54) is 0 Å². The number of hydrogen-bond donors (Lipinski definition) is 2. The lowest BCUT2D eigenvalue weighted by atomic mass is 10.5. The molecule has 0 bridgehead atoms. The van der Waals surface area contributed by atoms with Crippen molar-refractivity contribution in [2.24, 2.45) is 0 Å². The van der Waals surface area contributed by atoms with Crippen molar-refractivity contribution in [2.75, 3.05) is 54.7 Å². The fraction of sp³-hybridized carbons (Fsp3) is 0.750. The average Bonchev–Trinajstić information content (AvgIpc) is 2.41. The smallest absolute Gasteiger partial charge is 0.231 e. The molecule has 0 aliphatic rings. The highest BCUT2D eigenvalue weighted by atomic mass is 32.2. The zero-order chi connectivity index (χ0) is 14.1. The van der Waals surface area contributed by atoms with Gasteiger partial charge in [0.25, 0.3) is 0 Å². The van der Waals surface area contributed by atoms with Crippen molar-refractivity contribution in [2.45, 2.75) is 19.8 Å². The minimum absolute atomic E-state index is 0.632. The highest BCUT2D eigenvalue weighted by Crippen LogP contribution is 2.11. The summed E-state index contributed by atoms with van der Waals surface area (Å²) in [7, 11) is 3.85. The Balaban J connectivity index is 2.69. The maximum absolute atomic E-state index is 4.38. The minimum atomic E-state index is 0.632. The Kier molecular flexibility index (Phi) is 7.32. The molecule has 0 amide bonds. The maximum Gasteiger partial charge on any atom is 0.231 e. The zero-order valence-corrected chi connectivity index (χ0v) is 13.0. The molecule has 0 aliphatic carbocycles. The van der Waals surface area contributed by atoms with Gasteiger partial charge in [0.1, 0.15) is 0 Å². The number of hydrogen-bond acceptors (Lipinski definition) is 7. The molecule has 1 rings (SSSR count). The molecule has 0 radical (unpaired) electrons. The third-order valence-electron chi connectivity index (χ3n) is 2.37. The van der Waals surface area contributed by atoms with Crippen LogP contribution in [0.3, 0.4) is 0 Å². The van der Waals surface area contributed by atoms with E-state index in [1.54, 1.807) is 0 Å². The molecular weight excluding hydrogens is 260 g/mol. The van der Waals surface area contributed by atoms with E-state index in [2.05, 4.69) is 38.8 Å². The van der Waals surface area contributed by atoms with Crippen molar-refractivity contribution in [3.63, 3.8) is 0 Å². The molecule has 0 aliphatic heterocycles. The van der Waals surface area contributed by atoms with Crippen LogP contribution in [-0.2, 0) is 0 Å². The van der Waals surface area contributed by atoms with E-state index in [1.807, 2.05) is 30.8 Å².